The summed E-state index contributed by atoms with van der Waals surface area (Å²) in [6.45, 7) is 3.59. The Bertz CT molecular complexity index is 403. The molecule has 0 atom stereocenters. The lowest BCUT2D eigenvalue weighted by atomic mass is 10.1. The van der Waals surface area contributed by atoms with Crippen LogP contribution in [0.4, 0.5) is 11.4 Å². The summed E-state index contributed by atoms with van der Waals surface area (Å²) in [7, 11) is 0. The Morgan fingerprint density at radius 2 is 2.06 bits per heavy atom. The van der Waals surface area contributed by atoms with Gasteiger partial charge < -0.3 is 4.90 Å². The zero-order valence-electron chi connectivity index (χ0n) is 9.18. The van der Waals surface area contributed by atoms with E-state index < -0.39 is 0 Å². The topological polar surface area (TPSA) is 46.4 Å². The molecule has 5 heteroatoms. The molecule has 1 heterocycles. The minimum absolute atomic E-state index is 0.259. The Hall–Kier alpha value is -1.23. The van der Waals surface area contributed by atoms with Crippen molar-refractivity contribution < 1.29 is 4.92 Å². The number of anilines is 1. The molecule has 0 unspecified atom stereocenters. The van der Waals surface area contributed by atoms with Crippen LogP contribution in [0.5, 0.6) is 0 Å². The summed E-state index contributed by atoms with van der Waals surface area (Å²) in [5.41, 5.74) is 1.76. The van der Waals surface area contributed by atoms with E-state index in [4.69, 9.17) is 0 Å². The highest BCUT2D eigenvalue weighted by molar-refractivity contribution is 7.99. The van der Waals surface area contributed by atoms with E-state index in [1.54, 1.807) is 13.0 Å². The molecule has 86 valence electrons. The van der Waals surface area contributed by atoms with E-state index in [1.807, 2.05) is 23.9 Å². The maximum atomic E-state index is 11.1. The number of aryl methyl sites for hydroxylation is 1. The number of nitrogens with zero attached hydrogens (tertiary/aromatic N) is 2. The molecular formula is C11H14N2O2S. The monoisotopic (exact) mass is 238 g/mol. The van der Waals surface area contributed by atoms with E-state index in [1.165, 1.54) is 0 Å². The Labute approximate surface area is 98.8 Å². The maximum Gasteiger partial charge on any atom is 0.295 e. The molecule has 1 aromatic carbocycles. The third kappa shape index (κ3) is 2.14. The molecule has 1 aromatic rings. The number of rotatable bonds is 2. The third-order valence-electron chi connectivity index (χ3n) is 2.75. The van der Waals surface area contributed by atoms with Gasteiger partial charge in [0.15, 0.2) is 0 Å². The molecule has 0 spiro atoms. The lowest BCUT2D eigenvalue weighted by Crippen LogP contribution is -2.32. The van der Waals surface area contributed by atoms with E-state index in [2.05, 4.69) is 4.90 Å². The number of benzene rings is 1. The van der Waals surface area contributed by atoms with Crippen LogP contribution in [-0.4, -0.2) is 29.5 Å². The summed E-state index contributed by atoms with van der Waals surface area (Å²) in [5, 5.41) is 11.1. The molecule has 0 aliphatic carbocycles. The smallest absolute Gasteiger partial charge is 0.295 e. The molecule has 0 radical (unpaired) electrons. The van der Waals surface area contributed by atoms with Crippen molar-refractivity contribution in [1.29, 1.82) is 0 Å². The van der Waals surface area contributed by atoms with Crippen molar-refractivity contribution in [3.05, 3.63) is 33.9 Å². The number of para-hydroxylation sites is 1. The van der Waals surface area contributed by atoms with Crippen molar-refractivity contribution in [3.63, 3.8) is 0 Å². The lowest BCUT2D eigenvalue weighted by molar-refractivity contribution is -0.384. The molecule has 0 amide bonds. The van der Waals surface area contributed by atoms with Crippen molar-refractivity contribution in [2.75, 3.05) is 29.5 Å². The second kappa shape index (κ2) is 4.74. The van der Waals surface area contributed by atoms with Gasteiger partial charge in [-0.15, -0.1) is 0 Å². The van der Waals surface area contributed by atoms with Crippen molar-refractivity contribution in [1.82, 2.24) is 0 Å². The highest BCUT2D eigenvalue weighted by Gasteiger charge is 2.22. The predicted molar refractivity (Wildman–Crippen MR) is 67.4 cm³/mol. The van der Waals surface area contributed by atoms with Crippen LogP contribution in [0.25, 0.3) is 0 Å². The van der Waals surface area contributed by atoms with Crippen LogP contribution in [0, 0.1) is 17.0 Å². The Kier molecular flexibility index (Phi) is 3.33. The molecule has 16 heavy (non-hydrogen) atoms. The standard InChI is InChI=1S/C11H14N2O2S/c1-9-3-2-4-10(11(9)13(14)15)12-5-7-16-8-6-12/h2-4H,5-8H2,1H3. The van der Waals surface area contributed by atoms with Gasteiger partial charge in [0.1, 0.15) is 5.69 Å². The number of hydrogen-bond donors (Lipinski definition) is 0. The summed E-state index contributed by atoms with van der Waals surface area (Å²) < 4.78 is 0. The summed E-state index contributed by atoms with van der Waals surface area (Å²) in [4.78, 5) is 12.9. The van der Waals surface area contributed by atoms with Gasteiger partial charge in [-0.2, -0.15) is 11.8 Å². The van der Waals surface area contributed by atoms with Gasteiger partial charge in [0.2, 0.25) is 0 Å². The first-order valence-corrected chi connectivity index (χ1v) is 6.42. The van der Waals surface area contributed by atoms with E-state index >= 15 is 0 Å². The number of thioether (sulfide) groups is 1. The number of hydrogen-bond acceptors (Lipinski definition) is 4. The van der Waals surface area contributed by atoms with Gasteiger partial charge in [0.05, 0.1) is 4.92 Å². The molecule has 2 rings (SSSR count). The molecule has 4 nitrogen and oxygen atoms in total. The highest BCUT2D eigenvalue weighted by Crippen LogP contribution is 2.32. The van der Waals surface area contributed by atoms with Crippen LogP contribution >= 0.6 is 11.8 Å². The predicted octanol–water partition coefficient (Wildman–Crippen LogP) is 2.46. The van der Waals surface area contributed by atoms with Crippen LogP contribution in [0.2, 0.25) is 0 Å². The summed E-state index contributed by atoms with van der Waals surface area (Å²) in [6.07, 6.45) is 0. The molecule has 1 fully saturated rings. The van der Waals surface area contributed by atoms with E-state index in [0.717, 1.165) is 35.8 Å². The zero-order chi connectivity index (χ0) is 11.5. The van der Waals surface area contributed by atoms with Gasteiger partial charge in [-0.3, -0.25) is 10.1 Å². The average molecular weight is 238 g/mol. The van der Waals surface area contributed by atoms with Gasteiger partial charge >= 0.3 is 0 Å². The normalized spacial score (nSPS) is 16.2. The van der Waals surface area contributed by atoms with E-state index in [0.29, 0.717) is 0 Å². The fourth-order valence-electron chi connectivity index (χ4n) is 1.94. The van der Waals surface area contributed by atoms with Crippen LogP contribution in [0.3, 0.4) is 0 Å². The summed E-state index contributed by atoms with van der Waals surface area (Å²) in [5.74, 6) is 2.09. The van der Waals surface area contributed by atoms with E-state index in [9.17, 15) is 10.1 Å². The van der Waals surface area contributed by atoms with Crippen molar-refractivity contribution >= 4 is 23.1 Å². The molecule has 1 aliphatic rings. The van der Waals surface area contributed by atoms with Crippen LogP contribution < -0.4 is 4.90 Å². The lowest BCUT2D eigenvalue weighted by Gasteiger charge is -2.28. The van der Waals surface area contributed by atoms with Gasteiger partial charge in [-0.1, -0.05) is 12.1 Å². The average Bonchev–Trinajstić information content (AvgIpc) is 2.29. The van der Waals surface area contributed by atoms with Crippen molar-refractivity contribution in [2.24, 2.45) is 0 Å². The fraction of sp³-hybridized carbons (Fsp3) is 0.455. The molecule has 0 aromatic heterocycles. The Morgan fingerprint density at radius 3 is 2.69 bits per heavy atom. The maximum absolute atomic E-state index is 11.1. The first-order valence-electron chi connectivity index (χ1n) is 5.27. The highest BCUT2D eigenvalue weighted by atomic mass is 32.2. The number of nitro groups is 1. The van der Waals surface area contributed by atoms with E-state index in [-0.39, 0.29) is 10.6 Å². The van der Waals surface area contributed by atoms with Crippen molar-refractivity contribution in [2.45, 2.75) is 6.92 Å². The SMILES string of the molecule is Cc1cccc(N2CCSCC2)c1[N+](=O)[O-]. The molecule has 1 saturated heterocycles. The summed E-state index contributed by atoms with van der Waals surface area (Å²) >= 11 is 1.90. The Morgan fingerprint density at radius 1 is 1.38 bits per heavy atom. The first-order chi connectivity index (χ1) is 7.70. The Balaban J connectivity index is 2.38. The minimum atomic E-state index is -0.271. The molecule has 0 N–H and O–H groups in total. The quantitative estimate of drug-likeness (QED) is 0.586. The molecule has 0 saturated carbocycles. The van der Waals surface area contributed by atoms with Gasteiger partial charge in [-0.25, -0.2) is 0 Å². The van der Waals surface area contributed by atoms with Crippen LogP contribution in [-0.2, 0) is 0 Å². The summed E-state index contributed by atoms with van der Waals surface area (Å²) in [6, 6.07) is 5.53. The van der Waals surface area contributed by atoms with Gasteiger partial charge in [0, 0.05) is 30.2 Å². The van der Waals surface area contributed by atoms with Crippen LogP contribution in [0.1, 0.15) is 5.56 Å². The fourth-order valence-corrected chi connectivity index (χ4v) is 2.84. The van der Waals surface area contributed by atoms with Crippen molar-refractivity contribution in [3.8, 4) is 0 Å². The third-order valence-corrected chi connectivity index (χ3v) is 3.69. The molecule has 1 aliphatic heterocycles. The molecule has 0 bridgehead atoms. The largest absolute Gasteiger partial charge is 0.364 e. The minimum Gasteiger partial charge on any atom is -0.364 e. The second-order valence-corrected chi connectivity index (χ2v) is 5.02. The zero-order valence-corrected chi connectivity index (χ0v) is 10.00. The molecular weight excluding hydrogens is 224 g/mol. The van der Waals surface area contributed by atoms with Gasteiger partial charge in [0.25, 0.3) is 5.69 Å². The second-order valence-electron chi connectivity index (χ2n) is 3.80. The first kappa shape index (κ1) is 11.3. The number of nitro benzene ring substituents is 1. The van der Waals surface area contributed by atoms with Crippen LogP contribution in [0.15, 0.2) is 18.2 Å². The van der Waals surface area contributed by atoms with Gasteiger partial charge in [-0.05, 0) is 13.0 Å².